The fraction of sp³-hybridized carbons (Fsp3) is 0.182. The van der Waals surface area contributed by atoms with E-state index in [1.165, 1.54) is 0 Å². The molecular weight excluding hydrogens is 420 g/mol. The van der Waals surface area contributed by atoms with Crippen LogP contribution in [0.25, 0.3) is 10.8 Å². The molecule has 0 heterocycles. The van der Waals surface area contributed by atoms with Crippen LogP contribution in [0.3, 0.4) is 0 Å². The number of hydrogen-bond donors (Lipinski definition) is 2. The average molecular weight is 441 g/mol. The second-order valence-corrected chi connectivity index (χ2v) is 7.07. The molecule has 0 unspecified atom stereocenters. The molecule has 0 aliphatic heterocycles. The predicted octanol–water partition coefficient (Wildman–Crippen LogP) is 4.76. The Labute approximate surface area is 172 Å². The summed E-state index contributed by atoms with van der Waals surface area (Å²) >= 11 is 3.54. The van der Waals surface area contributed by atoms with Gasteiger partial charge in [-0.15, -0.1) is 0 Å². The Morgan fingerprint density at radius 1 is 1.04 bits per heavy atom. The first-order valence-corrected chi connectivity index (χ1v) is 9.86. The smallest absolute Gasteiger partial charge is 0.262 e. The fourth-order valence-corrected chi connectivity index (χ4v) is 3.35. The minimum atomic E-state index is -0.300. The molecular formula is C22H21BrN2O3. The van der Waals surface area contributed by atoms with Crippen molar-refractivity contribution in [3.8, 4) is 5.75 Å². The molecule has 5 nitrogen and oxygen atoms in total. The van der Waals surface area contributed by atoms with Gasteiger partial charge in [-0.25, -0.2) is 0 Å². The molecule has 2 N–H and O–H groups in total. The Hall–Kier alpha value is -2.86. The molecule has 2 amide bonds. The molecule has 0 aromatic heterocycles. The summed E-state index contributed by atoms with van der Waals surface area (Å²) in [5, 5.41) is 7.68. The molecule has 3 rings (SSSR count). The van der Waals surface area contributed by atoms with Gasteiger partial charge in [0.15, 0.2) is 6.61 Å². The zero-order valence-electron chi connectivity index (χ0n) is 15.5. The first-order chi connectivity index (χ1) is 13.6. The molecule has 0 saturated heterocycles. The number of halogens is 1. The Bertz CT molecular complexity index is 1000. The summed E-state index contributed by atoms with van der Waals surface area (Å²) in [4.78, 5) is 24.3. The third-order valence-electron chi connectivity index (χ3n) is 4.13. The molecule has 3 aromatic carbocycles. The number of hydrogen-bond acceptors (Lipinski definition) is 3. The molecule has 3 aromatic rings. The highest BCUT2D eigenvalue weighted by Gasteiger charge is 2.10. The molecule has 0 radical (unpaired) electrons. The lowest BCUT2D eigenvalue weighted by Gasteiger charge is -2.11. The van der Waals surface area contributed by atoms with Crippen molar-refractivity contribution in [2.24, 2.45) is 0 Å². The van der Waals surface area contributed by atoms with Crippen LogP contribution in [0.2, 0.25) is 0 Å². The standard InChI is InChI=1S/C22H21BrN2O3/c1-2-12-24-22(27)16-7-5-8-17(13-16)25-20(26)14-28-19-11-10-15-6-3-4-9-18(15)21(19)23/h3-11,13H,2,12,14H2,1H3,(H,24,27)(H,25,26). The van der Waals surface area contributed by atoms with E-state index in [0.29, 0.717) is 23.5 Å². The van der Waals surface area contributed by atoms with Gasteiger partial charge in [0, 0.05) is 17.8 Å². The minimum absolute atomic E-state index is 0.136. The van der Waals surface area contributed by atoms with Gasteiger partial charge in [0.25, 0.3) is 11.8 Å². The van der Waals surface area contributed by atoms with Crippen LogP contribution in [0.4, 0.5) is 5.69 Å². The van der Waals surface area contributed by atoms with Crippen LogP contribution in [-0.2, 0) is 4.79 Å². The van der Waals surface area contributed by atoms with Crippen LogP contribution in [0, 0.1) is 0 Å². The maximum absolute atomic E-state index is 12.3. The maximum atomic E-state index is 12.3. The number of ether oxygens (including phenoxy) is 1. The Kier molecular flexibility index (Phi) is 6.66. The largest absolute Gasteiger partial charge is 0.483 e. The van der Waals surface area contributed by atoms with Gasteiger partial charge in [-0.2, -0.15) is 0 Å². The van der Waals surface area contributed by atoms with E-state index in [4.69, 9.17) is 4.74 Å². The summed E-state index contributed by atoms with van der Waals surface area (Å²) in [6.07, 6.45) is 0.865. The number of carbonyl (C=O) groups excluding carboxylic acids is 2. The summed E-state index contributed by atoms with van der Waals surface area (Å²) < 4.78 is 6.48. The molecule has 0 aliphatic rings. The Morgan fingerprint density at radius 2 is 1.86 bits per heavy atom. The lowest BCUT2D eigenvalue weighted by Crippen LogP contribution is -2.24. The van der Waals surface area contributed by atoms with Crippen LogP contribution in [0.5, 0.6) is 5.75 Å². The fourth-order valence-electron chi connectivity index (χ4n) is 2.74. The molecule has 0 aliphatic carbocycles. The molecule has 0 saturated carbocycles. The number of benzene rings is 3. The molecule has 0 bridgehead atoms. The quantitative estimate of drug-likeness (QED) is 0.556. The van der Waals surface area contributed by atoms with E-state index in [1.807, 2.05) is 43.3 Å². The van der Waals surface area contributed by atoms with Crippen molar-refractivity contribution in [1.29, 1.82) is 0 Å². The van der Waals surface area contributed by atoms with Gasteiger partial charge in [0.1, 0.15) is 5.75 Å². The Morgan fingerprint density at radius 3 is 2.68 bits per heavy atom. The first kappa shape index (κ1) is 19.9. The molecule has 0 atom stereocenters. The van der Waals surface area contributed by atoms with Gasteiger partial charge >= 0.3 is 0 Å². The number of anilines is 1. The average Bonchev–Trinajstić information content (AvgIpc) is 2.72. The van der Waals surface area contributed by atoms with Gasteiger partial charge in [-0.05, 0) is 57.4 Å². The number of amides is 2. The zero-order valence-corrected chi connectivity index (χ0v) is 17.1. The van der Waals surface area contributed by atoms with E-state index >= 15 is 0 Å². The highest BCUT2D eigenvalue weighted by Crippen LogP contribution is 2.33. The van der Waals surface area contributed by atoms with Crippen molar-refractivity contribution >= 4 is 44.2 Å². The maximum Gasteiger partial charge on any atom is 0.262 e. The van der Waals surface area contributed by atoms with E-state index in [9.17, 15) is 9.59 Å². The monoisotopic (exact) mass is 440 g/mol. The van der Waals surface area contributed by atoms with E-state index < -0.39 is 0 Å². The highest BCUT2D eigenvalue weighted by atomic mass is 79.9. The SMILES string of the molecule is CCCNC(=O)c1cccc(NC(=O)COc2ccc3ccccc3c2Br)c1. The van der Waals surface area contributed by atoms with Crippen LogP contribution in [0.15, 0.2) is 65.1 Å². The third-order valence-corrected chi connectivity index (χ3v) is 4.95. The van der Waals surface area contributed by atoms with Crippen LogP contribution >= 0.6 is 15.9 Å². The normalized spacial score (nSPS) is 10.5. The Balaban J connectivity index is 1.62. The second kappa shape index (κ2) is 9.37. The van der Waals surface area contributed by atoms with Crippen molar-refractivity contribution in [2.75, 3.05) is 18.5 Å². The number of rotatable bonds is 7. The lowest BCUT2D eigenvalue weighted by atomic mass is 10.1. The van der Waals surface area contributed by atoms with Crippen LogP contribution in [-0.4, -0.2) is 25.0 Å². The van der Waals surface area contributed by atoms with Crippen molar-refractivity contribution in [1.82, 2.24) is 5.32 Å². The van der Waals surface area contributed by atoms with Crippen molar-refractivity contribution < 1.29 is 14.3 Å². The number of nitrogens with one attached hydrogen (secondary N) is 2. The number of carbonyl (C=O) groups is 2. The van der Waals surface area contributed by atoms with Gasteiger partial charge in [0.05, 0.1) is 4.47 Å². The first-order valence-electron chi connectivity index (χ1n) is 9.06. The molecule has 6 heteroatoms. The molecule has 28 heavy (non-hydrogen) atoms. The number of fused-ring (bicyclic) bond motifs is 1. The van der Waals surface area contributed by atoms with E-state index in [-0.39, 0.29) is 18.4 Å². The summed E-state index contributed by atoms with van der Waals surface area (Å²) in [5.41, 5.74) is 1.06. The lowest BCUT2D eigenvalue weighted by molar-refractivity contribution is -0.118. The highest BCUT2D eigenvalue weighted by molar-refractivity contribution is 9.10. The van der Waals surface area contributed by atoms with E-state index in [1.54, 1.807) is 24.3 Å². The zero-order chi connectivity index (χ0) is 19.9. The predicted molar refractivity (Wildman–Crippen MR) is 115 cm³/mol. The van der Waals surface area contributed by atoms with Gasteiger partial charge < -0.3 is 15.4 Å². The van der Waals surface area contributed by atoms with E-state index in [2.05, 4.69) is 26.6 Å². The van der Waals surface area contributed by atoms with Crippen molar-refractivity contribution in [3.05, 3.63) is 70.7 Å². The van der Waals surface area contributed by atoms with Gasteiger partial charge in [-0.3, -0.25) is 9.59 Å². The summed E-state index contributed by atoms with van der Waals surface area (Å²) in [6.45, 7) is 2.47. The summed E-state index contributed by atoms with van der Waals surface area (Å²) in [5.74, 6) is 0.141. The van der Waals surface area contributed by atoms with E-state index in [0.717, 1.165) is 21.7 Å². The summed E-state index contributed by atoms with van der Waals surface area (Å²) in [7, 11) is 0. The molecule has 144 valence electrons. The third kappa shape index (κ3) is 4.89. The van der Waals surface area contributed by atoms with Crippen LogP contribution in [0.1, 0.15) is 23.7 Å². The van der Waals surface area contributed by atoms with Crippen molar-refractivity contribution in [2.45, 2.75) is 13.3 Å². The second-order valence-electron chi connectivity index (χ2n) is 6.27. The van der Waals surface area contributed by atoms with Crippen molar-refractivity contribution in [3.63, 3.8) is 0 Å². The van der Waals surface area contributed by atoms with Gasteiger partial charge in [-0.1, -0.05) is 43.3 Å². The molecule has 0 spiro atoms. The van der Waals surface area contributed by atoms with Gasteiger partial charge in [0.2, 0.25) is 0 Å². The topological polar surface area (TPSA) is 67.4 Å². The molecule has 0 fully saturated rings. The minimum Gasteiger partial charge on any atom is -0.483 e. The summed E-state index contributed by atoms with van der Waals surface area (Å²) in [6, 6.07) is 18.5. The van der Waals surface area contributed by atoms with Crippen LogP contribution < -0.4 is 15.4 Å².